The summed E-state index contributed by atoms with van der Waals surface area (Å²) in [4.78, 5) is 15.6. The predicted octanol–water partition coefficient (Wildman–Crippen LogP) is 3.07. The van der Waals surface area contributed by atoms with Gasteiger partial charge in [0.05, 0.1) is 5.56 Å². The highest BCUT2D eigenvalue weighted by Gasteiger charge is 2.11. The molecule has 6 heteroatoms. The second-order valence-corrected chi connectivity index (χ2v) is 4.38. The molecular weight excluding hydrogens is 268 g/mol. The highest BCUT2D eigenvalue weighted by Crippen LogP contribution is 2.24. The largest absolute Gasteiger partial charge is 0.485 e. The summed E-state index contributed by atoms with van der Waals surface area (Å²) in [6.07, 6.45) is 0.673. The average Bonchev–Trinajstić information content (AvgIpc) is 2.85. The minimum atomic E-state index is -0.111. The van der Waals surface area contributed by atoms with E-state index < -0.39 is 0 Å². The number of hydrogen-bond donors (Lipinski definition) is 0. The van der Waals surface area contributed by atoms with Gasteiger partial charge in [-0.3, -0.25) is 4.79 Å². The molecule has 1 aromatic heterocycles. The molecule has 2 aromatic rings. The van der Waals surface area contributed by atoms with Crippen molar-refractivity contribution in [2.75, 3.05) is 0 Å². The molecule has 2 rings (SSSR count). The lowest BCUT2D eigenvalue weighted by Crippen LogP contribution is -2.03. The Hall–Kier alpha value is -1.88. The number of aromatic nitrogens is 2. The molecule has 19 heavy (non-hydrogen) atoms. The van der Waals surface area contributed by atoms with Crippen molar-refractivity contribution in [3.8, 4) is 5.75 Å². The van der Waals surface area contributed by atoms with Gasteiger partial charge in [0.25, 0.3) is 0 Å². The van der Waals surface area contributed by atoms with Gasteiger partial charge in [0.1, 0.15) is 5.75 Å². The Morgan fingerprint density at radius 3 is 2.89 bits per heavy atom. The maximum absolute atomic E-state index is 11.5. The number of ketones is 1. The summed E-state index contributed by atoms with van der Waals surface area (Å²) < 4.78 is 10.5. The van der Waals surface area contributed by atoms with Gasteiger partial charge in [0, 0.05) is 11.4 Å². The molecule has 0 N–H and O–H groups in total. The zero-order valence-corrected chi connectivity index (χ0v) is 11.4. The molecule has 0 fully saturated rings. The molecule has 0 bridgehead atoms. The van der Waals surface area contributed by atoms with Crippen LogP contribution in [0.5, 0.6) is 5.75 Å². The maximum atomic E-state index is 11.5. The van der Waals surface area contributed by atoms with Gasteiger partial charge in [0.15, 0.2) is 12.4 Å². The molecule has 0 saturated heterocycles. The fourth-order valence-electron chi connectivity index (χ4n) is 1.54. The van der Waals surface area contributed by atoms with Gasteiger partial charge in [-0.05, 0) is 25.1 Å². The molecule has 0 atom stereocenters. The number of halogens is 1. The van der Waals surface area contributed by atoms with E-state index in [2.05, 4.69) is 10.1 Å². The number of rotatable bonds is 5. The van der Waals surface area contributed by atoms with Crippen LogP contribution in [0, 0.1) is 0 Å². The Labute approximate surface area is 115 Å². The van der Waals surface area contributed by atoms with Crippen molar-refractivity contribution in [3.63, 3.8) is 0 Å². The first kappa shape index (κ1) is 13.5. The van der Waals surface area contributed by atoms with Gasteiger partial charge in [-0.15, -0.1) is 0 Å². The normalized spacial score (nSPS) is 10.5. The quantitative estimate of drug-likeness (QED) is 0.788. The fraction of sp³-hybridized carbons (Fsp3) is 0.308. The van der Waals surface area contributed by atoms with E-state index in [4.69, 9.17) is 20.9 Å². The number of nitrogens with zero attached hydrogens (tertiary/aromatic N) is 2. The van der Waals surface area contributed by atoms with E-state index in [1.807, 2.05) is 6.92 Å². The number of hydrogen-bond acceptors (Lipinski definition) is 5. The third-order valence-electron chi connectivity index (χ3n) is 2.49. The van der Waals surface area contributed by atoms with Gasteiger partial charge in [0.2, 0.25) is 11.7 Å². The third kappa shape index (κ3) is 3.32. The molecule has 1 heterocycles. The van der Waals surface area contributed by atoms with Gasteiger partial charge in [-0.1, -0.05) is 23.7 Å². The molecule has 5 nitrogen and oxygen atoms in total. The third-order valence-corrected chi connectivity index (χ3v) is 2.73. The Kier molecular flexibility index (Phi) is 4.16. The molecule has 0 spiro atoms. The average molecular weight is 281 g/mol. The second-order valence-electron chi connectivity index (χ2n) is 3.94. The minimum absolute atomic E-state index is 0.111. The monoisotopic (exact) mass is 280 g/mol. The number of ether oxygens (including phenoxy) is 1. The molecule has 0 aliphatic heterocycles. The molecule has 0 amide bonds. The lowest BCUT2D eigenvalue weighted by atomic mass is 10.1. The molecule has 0 aliphatic rings. The van der Waals surface area contributed by atoms with E-state index >= 15 is 0 Å². The SMILES string of the molecule is CCc1nc(COc2ccc(Cl)cc2C(C)=O)no1. The van der Waals surface area contributed by atoms with E-state index in [0.717, 1.165) is 0 Å². The van der Waals surface area contributed by atoms with Gasteiger partial charge < -0.3 is 9.26 Å². The van der Waals surface area contributed by atoms with Crippen molar-refractivity contribution in [2.24, 2.45) is 0 Å². The summed E-state index contributed by atoms with van der Waals surface area (Å²) >= 11 is 5.85. The number of carbonyl (C=O) groups excluding carboxylic acids is 1. The Morgan fingerprint density at radius 2 is 2.26 bits per heavy atom. The second kappa shape index (κ2) is 5.84. The summed E-state index contributed by atoms with van der Waals surface area (Å²) in [5.74, 6) is 1.35. The van der Waals surface area contributed by atoms with E-state index in [9.17, 15) is 4.79 Å². The van der Waals surface area contributed by atoms with Crippen LogP contribution in [-0.2, 0) is 13.0 Å². The summed E-state index contributed by atoms with van der Waals surface area (Å²) in [7, 11) is 0. The minimum Gasteiger partial charge on any atom is -0.485 e. The predicted molar refractivity (Wildman–Crippen MR) is 69.5 cm³/mol. The van der Waals surface area contributed by atoms with Crippen LogP contribution in [-0.4, -0.2) is 15.9 Å². The number of aryl methyl sites for hydroxylation is 1. The molecule has 100 valence electrons. The van der Waals surface area contributed by atoms with E-state index in [0.29, 0.717) is 34.5 Å². The fourth-order valence-corrected chi connectivity index (χ4v) is 1.71. The van der Waals surface area contributed by atoms with E-state index in [-0.39, 0.29) is 12.4 Å². The van der Waals surface area contributed by atoms with Crippen molar-refractivity contribution in [2.45, 2.75) is 26.9 Å². The summed E-state index contributed by atoms with van der Waals surface area (Å²) in [5.41, 5.74) is 0.437. The number of Topliss-reactive ketones (excluding diaryl/α,β-unsaturated/α-hetero) is 1. The van der Waals surface area contributed by atoms with Crippen LogP contribution in [0.15, 0.2) is 22.7 Å². The molecule has 1 aromatic carbocycles. The van der Waals surface area contributed by atoms with Crippen molar-refractivity contribution in [1.82, 2.24) is 10.1 Å². The van der Waals surface area contributed by atoms with Crippen LogP contribution < -0.4 is 4.74 Å². The van der Waals surface area contributed by atoms with Crippen molar-refractivity contribution < 1.29 is 14.1 Å². The van der Waals surface area contributed by atoms with Crippen LogP contribution in [0.1, 0.15) is 35.9 Å². The van der Waals surface area contributed by atoms with Gasteiger partial charge >= 0.3 is 0 Å². The van der Waals surface area contributed by atoms with Crippen LogP contribution >= 0.6 is 11.6 Å². The molecule has 0 saturated carbocycles. The number of carbonyl (C=O) groups is 1. The topological polar surface area (TPSA) is 65.2 Å². The van der Waals surface area contributed by atoms with Crippen LogP contribution in [0.2, 0.25) is 5.02 Å². The lowest BCUT2D eigenvalue weighted by Gasteiger charge is -2.08. The van der Waals surface area contributed by atoms with Crippen molar-refractivity contribution >= 4 is 17.4 Å². The standard InChI is InChI=1S/C13H13ClN2O3/c1-3-13-15-12(16-19-13)7-18-11-5-4-9(14)6-10(11)8(2)17/h4-6H,3,7H2,1-2H3. The Balaban J connectivity index is 2.12. The van der Waals surface area contributed by atoms with E-state index in [1.165, 1.54) is 6.92 Å². The molecular formula is C13H13ClN2O3. The van der Waals surface area contributed by atoms with Gasteiger partial charge in [-0.2, -0.15) is 4.98 Å². The zero-order valence-electron chi connectivity index (χ0n) is 10.6. The van der Waals surface area contributed by atoms with Crippen molar-refractivity contribution in [3.05, 3.63) is 40.5 Å². The first-order valence-corrected chi connectivity index (χ1v) is 6.22. The highest BCUT2D eigenvalue weighted by molar-refractivity contribution is 6.31. The summed E-state index contributed by atoms with van der Waals surface area (Å²) in [5, 5.41) is 4.26. The first-order chi connectivity index (χ1) is 9.10. The number of benzene rings is 1. The van der Waals surface area contributed by atoms with Crippen LogP contribution in [0.3, 0.4) is 0 Å². The van der Waals surface area contributed by atoms with Gasteiger partial charge in [-0.25, -0.2) is 0 Å². The smallest absolute Gasteiger partial charge is 0.226 e. The Bertz CT molecular complexity index is 595. The molecule has 0 aliphatic carbocycles. The van der Waals surface area contributed by atoms with Crippen LogP contribution in [0.4, 0.5) is 0 Å². The van der Waals surface area contributed by atoms with E-state index in [1.54, 1.807) is 18.2 Å². The Morgan fingerprint density at radius 1 is 1.47 bits per heavy atom. The van der Waals surface area contributed by atoms with Crippen molar-refractivity contribution in [1.29, 1.82) is 0 Å². The molecule has 0 unspecified atom stereocenters. The molecule has 0 radical (unpaired) electrons. The zero-order chi connectivity index (χ0) is 13.8. The summed E-state index contributed by atoms with van der Waals surface area (Å²) in [6, 6.07) is 4.89. The summed E-state index contributed by atoms with van der Waals surface area (Å²) in [6.45, 7) is 3.53. The lowest BCUT2D eigenvalue weighted by molar-refractivity contribution is 0.101. The first-order valence-electron chi connectivity index (χ1n) is 5.85. The highest BCUT2D eigenvalue weighted by atomic mass is 35.5. The van der Waals surface area contributed by atoms with Crippen LogP contribution in [0.25, 0.3) is 0 Å². The maximum Gasteiger partial charge on any atom is 0.226 e.